The first-order valence-corrected chi connectivity index (χ1v) is 6.22. The number of aliphatic imine (C=N–C) groups is 1. The highest BCUT2D eigenvalue weighted by molar-refractivity contribution is 6.04. The zero-order chi connectivity index (χ0) is 16.2. The minimum absolute atomic E-state index is 0.112. The molecule has 1 heterocycles. The van der Waals surface area contributed by atoms with E-state index >= 15 is 0 Å². The molecule has 0 aliphatic carbocycles. The predicted molar refractivity (Wildman–Crippen MR) is 75.8 cm³/mol. The number of anilines is 1. The Morgan fingerprint density at radius 2 is 1.90 bits per heavy atom. The second-order valence-electron chi connectivity index (χ2n) is 4.80. The van der Waals surface area contributed by atoms with E-state index in [-0.39, 0.29) is 23.4 Å². The van der Waals surface area contributed by atoms with E-state index in [0.29, 0.717) is 0 Å². The van der Waals surface area contributed by atoms with Crippen LogP contribution in [0, 0.1) is 11.8 Å². The Hall–Kier alpha value is -2.68. The number of guanidine groups is 1. The van der Waals surface area contributed by atoms with Crippen LogP contribution in [0.2, 0.25) is 0 Å². The van der Waals surface area contributed by atoms with Gasteiger partial charge in [0, 0.05) is 0 Å². The number of nitrogens with one attached hydrogen (secondary N) is 2. The SMILES string of the molecule is CC(C)[C@H](C([NH3+])=O)C(=O)Nc1ccc(C(=O)N=C(N)N)[nH]1. The van der Waals surface area contributed by atoms with Gasteiger partial charge in [0.25, 0.3) is 5.91 Å². The number of H-pyrrole nitrogens is 1. The zero-order valence-corrected chi connectivity index (χ0v) is 11.8. The van der Waals surface area contributed by atoms with Crippen LogP contribution >= 0.6 is 0 Å². The molecule has 0 aromatic carbocycles. The number of carbonyl (C=O) groups excluding carboxylic acids is 3. The summed E-state index contributed by atoms with van der Waals surface area (Å²) in [6.45, 7) is 3.49. The van der Waals surface area contributed by atoms with Gasteiger partial charge in [-0.25, -0.2) is 4.79 Å². The number of hydrogen-bond acceptors (Lipinski definition) is 3. The van der Waals surface area contributed by atoms with E-state index in [4.69, 9.17) is 11.5 Å². The highest BCUT2D eigenvalue weighted by Crippen LogP contribution is 2.14. The van der Waals surface area contributed by atoms with Crippen LogP contribution in [0.25, 0.3) is 0 Å². The van der Waals surface area contributed by atoms with E-state index in [9.17, 15) is 14.4 Å². The lowest BCUT2D eigenvalue weighted by Gasteiger charge is -2.13. The lowest BCUT2D eigenvalue weighted by molar-refractivity contribution is -0.311. The molecule has 1 aromatic heterocycles. The third kappa shape index (κ3) is 4.42. The van der Waals surface area contributed by atoms with Crippen molar-refractivity contribution in [2.75, 3.05) is 5.32 Å². The first-order valence-electron chi connectivity index (χ1n) is 6.22. The van der Waals surface area contributed by atoms with Crippen molar-refractivity contribution >= 4 is 29.5 Å². The largest absolute Gasteiger partial charge is 0.370 e. The van der Waals surface area contributed by atoms with Crippen LogP contribution in [0.4, 0.5) is 5.82 Å². The van der Waals surface area contributed by atoms with Gasteiger partial charge >= 0.3 is 5.91 Å². The van der Waals surface area contributed by atoms with Crippen LogP contribution in [-0.2, 0) is 9.59 Å². The zero-order valence-electron chi connectivity index (χ0n) is 11.8. The maximum absolute atomic E-state index is 12.0. The van der Waals surface area contributed by atoms with E-state index in [1.165, 1.54) is 12.1 Å². The molecule has 1 rings (SSSR count). The molecule has 9 heteroatoms. The van der Waals surface area contributed by atoms with Gasteiger partial charge in [-0.1, -0.05) is 13.8 Å². The molecule has 1 aromatic rings. The van der Waals surface area contributed by atoms with Gasteiger partial charge in [0.2, 0.25) is 5.91 Å². The number of aromatic amines is 1. The van der Waals surface area contributed by atoms with E-state index < -0.39 is 23.6 Å². The molecule has 9 nitrogen and oxygen atoms in total. The Morgan fingerprint density at radius 1 is 1.29 bits per heavy atom. The van der Waals surface area contributed by atoms with Crippen molar-refractivity contribution in [2.24, 2.45) is 28.3 Å². The van der Waals surface area contributed by atoms with Gasteiger partial charge in [0.1, 0.15) is 11.5 Å². The van der Waals surface area contributed by atoms with Gasteiger partial charge in [0.05, 0.1) is 0 Å². The quantitative estimate of drug-likeness (QED) is 0.250. The molecule has 114 valence electrons. The van der Waals surface area contributed by atoms with Gasteiger partial charge in [-0.2, -0.15) is 4.99 Å². The summed E-state index contributed by atoms with van der Waals surface area (Å²) in [4.78, 5) is 40.9. The topological polar surface area (TPSA) is 171 Å². The lowest BCUT2D eigenvalue weighted by atomic mass is 9.94. The van der Waals surface area contributed by atoms with Gasteiger partial charge in [0.15, 0.2) is 11.9 Å². The second-order valence-corrected chi connectivity index (χ2v) is 4.80. The summed E-state index contributed by atoms with van der Waals surface area (Å²) >= 11 is 0. The molecule has 0 saturated heterocycles. The summed E-state index contributed by atoms with van der Waals surface area (Å²) in [5.74, 6) is -2.76. The fourth-order valence-electron chi connectivity index (χ4n) is 1.80. The third-order valence-corrected chi connectivity index (χ3v) is 2.70. The van der Waals surface area contributed by atoms with Crippen LogP contribution in [0.15, 0.2) is 17.1 Å². The molecule has 3 amide bonds. The first kappa shape index (κ1) is 16.4. The molecule has 0 aliphatic rings. The average molecular weight is 295 g/mol. The van der Waals surface area contributed by atoms with Crippen molar-refractivity contribution < 1.29 is 20.1 Å². The maximum atomic E-state index is 12.0. The monoisotopic (exact) mass is 295 g/mol. The van der Waals surface area contributed by atoms with Gasteiger partial charge in [-0.05, 0) is 18.1 Å². The van der Waals surface area contributed by atoms with Crippen molar-refractivity contribution in [3.8, 4) is 0 Å². The molecule has 0 aliphatic heterocycles. The lowest BCUT2D eigenvalue weighted by Crippen LogP contribution is -2.63. The van der Waals surface area contributed by atoms with E-state index in [2.05, 4.69) is 21.0 Å². The summed E-state index contributed by atoms with van der Waals surface area (Å²) in [6.07, 6.45) is 0. The molecule has 0 bridgehead atoms. The molecule has 0 radical (unpaired) electrons. The number of carbonyl (C=O) groups is 3. The Bertz CT molecular complexity index is 586. The minimum Gasteiger partial charge on any atom is -0.370 e. The van der Waals surface area contributed by atoms with Crippen LogP contribution in [0.3, 0.4) is 0 Å². The molecule has 1 atom stereocenters. The number of rotatable bonds is 5. The third-order valence-electron chi connectivity index (χ3n) is 2.70. The summed E-state index contributed by atoms with van der Waals surface area (Å²) in [7, 11) is 0. The van der Waals surface area contributed by atoms with Crippen LogP contribution in [-0.4, -0.2) is 28.7 Å². The Labute approximate surface area is 121 Å². The van der Waals surface area contributed by atoms with Gasteiger partial charge in [-0.3, -0.25) is 15.3 Å². The Balaban J connectivity index is 2.83. The number of aromatic nitrogens is 1. The van der Waals surface area contributed by atoms with Crippen molar-refractivity contribution in [1.29, 1.82) is 0 Å². The molecular formula is C12H19N6O3+. The number of nitrogens with zero attached hydrogens (tertiary/aromatic N) is 1. The predicted octanol–water partition coefficient (Wildman–Crippen LogP) is -1.59. The van der Waals surface area contributed by atoms with Crippen LogP contribution in [0.1, 0.15) is 24.3 Å². The first-order chi connectivity index (χ1) is 9.72. The highest BCUT2D eigenvalue weighted by Gasteiger charge is 2.31. The number of amides is 3. The second kappa shape index (κ2) is 6.66. The fourth-order valence-corrected chi connectivity index (χ4v) is 1.80. The fraction of sp³-hybridized carbons (Fsp3) is 0.333. The van der Waals surface area contributed by atoms with Crippen molar-refractivity contribution in [2.45, 2.75) is 13.8 Å². The maximum Gasteiger partial charge on any atom is 0.321 e. The normalized spacial score (nSPS) is 11.8. The van der Waals surface area contributed by atoms with Crippen LogP contribution < -0.4 is 22.5 Å². The summed E-state index contributed by atoms with van der Waals surface area (Å²) < 4.78 is 0. The molecule has 0 spiro atoms. The smallest absolute Gasteiger partial charge is 0.321 e. The molecule has 21 heavy (non-hydrogen) atoms. The van der Waals surface area contributed by atoms with Gasteiger partial charge in [-0.15, -0.1) is 0 Å². The molecule has 9 N–H and O–H groups in total. The molecule has 0 unspecified atom stereocenters. The van der Waals surface area contributed by atoms with E-state index in [1.807, 2.05) is 0 Å². The van der Waals surface area contributed by atoms with E-state index in [1.54, 1.807) is 13.8 Å². The average Bonchev–Trinajstić information content (AvgIpc) is 2.75. The summed E-state index contributed by atoms with van der Waals surface area (Å²) in [5, 5.41) is 2.51. The van der Waals surface area contributed by atoms with Crippen molar-refractivity contribution in [3.63, 3.8) is 0 Å². The highest BCUT2D eigenvalue weighted by atomic mass is 16.2. The Kier molecular flexibility index (Phi) is 5.19. The van der Waals surface area contributed by atoms with Crippen molar-refractivity contribution in [1.82, 2.24) is 4.98 Å². The molecule has 0 saturated carbocycles. The standard InChI is InChI=1S/C12H18N6O3/c1-5(2)8(9(13)19)11(21)17-7-4-3-6(16-7)10(20)18-12(14)15/h3-5,8,16H,1-2H3,(H2,13,19)(H,17,21)(H4,14,15,18,20)/p+1/t8-/m1/s1. The minimum atomic E-state index is -0.856. The number of nitrogens with two attached hydrogens (primary N) is 2. The molecular weight excluding hydrogens is 276 g/mol. The summed E-state index contributed by atoms with van der Waals surface area (Å²) in [6, 6.07) is 2.89. The Morgan fingerprint density at radius 3 is 2.38 bits per heavy atom. The number of hydrogen-bond donors (Lipinski definition) is 5. The van der Waals surface area contributed by atoms with Crippen molar-refractivity contribution in [3.05, 3.63) is 17.8 Å². The van der Waals surface area contributed by atoms with Crippen LogP contribution in [0.5, 0.6) is 0 Å². The van der Waals surface area contributed by atoms with Gasteiger partial charge < -0.3 is 21.8 Å². The van der Waals surface area contributed by atoms with E-state index in [0.717, 1.165) is 0 Å². The molecule has 0 fully saturated rings. The number of quaternary nitrogens is 1. The summed E-state index contributed by atoms with van der Waals surface area (Å²) in [5.41, 5.74) is 13.6.